The van der Waals surface area contributed by atoms with Crippen LogP contribution in [0.3, 0.4) is 0 Å². The van der Waals surface area contributed by atoms with E-state index in [4.69, 9.17) is 4.74 Å². The molecule has 88 valence electrons. The standard InChI is InChI=1S/C13H10O2S.4H2/c1-3-4-5-6-7-8-9-10-13(14)15-11-12-16-2;;;;/h11-12H2,1-2H3;4*1H. The van der Waals surface area contributed by atoms with Gasteiger partial charge in [0.15, 0.2) is 0 Å². The zero-order valence-electron chi connectivity index (χ0n) is 9.14. The first-order valence-corrected chi connectivity index (χ1v) is 5.79. The van der Waals surface area contributed by atoms with Crippen LogP contribution < -0.4 is 0 Å². The van der Waals surface area contributed by atoms with E-state index in [1.807, 2.05) is 6.26 Å². The Bertz CT molecular complexity index is 475. The maximum absolute atomic E-state index is 10.9. The van der Waals surface area contributed by atoms with Crippen molar-refractivity contribution in [1.82, 2.24) is 0 Å². The molecule has 0 radical (unpaired) electrons. The minimum absolute atomic E-state index is 0. The molecule has 0 spiro atoms. The fraction of sp³-hybridized carbons (Fsp3) is 0.308. The molecule has 0 fully saturated rings. The van der Waals surface area contributed by atoms with Crippen molar-refractivity contribution in [2.24, 2.45) is 0 Å². The second-order valence-electron chi connectivity index (χ2n) is 2.25. The number of esters is 1. The van der Waals surface area contributed by atoms with Crippen LogP contribution in [0.4, 0.5) is 0 Å². The van der Waals surface area contributed by atoms with E-state index in [1.54, 1.807) is 18.7 Å². The third-order valence-electron chi connectivity index (χ3n) is 1.12. The third kappa shape index (κ3) is 10.1. The van der Waals surface area contributed by atoms with Gasteiger partial charge < -0.3 is 4.74 Å². The Hall–Kier alpha value is -1.94. The lowest BCUT2D eigenvalue weighted by Crippen LogP contribution is -2.04. The minimum atomic E-state index is -0.565. The Labute approximate surface area is 106 Å². The average Bonchev–Trinajstić information content (AvgIpc) is 2.28. The Balaban J connectivity index is -0.000000187. The van der Waals surface area contributed by atoms with Gasteiger partial charge in [-0.2, -0.15) is 11.8 Å². The Morgan fingerprint density at radius 2 is 1.81 bits per heavy atom. The van der Waals surface area contributed by atoms with E-state index in [2.05, 4.69) is 47.4 Å². The SMILES string of the molecule is CC#CC#CC#CC#CC(=O)OCCSC.[HH].[HH].[HH].[HH]. The highest BCUT2D eigenvalue weighted by molar-refractivity contribution is 7.98. The molecule has 0 aliphatic carbocycles. The van der Waals surface area contributed by atoms with Crippen molar-refractivity contribution in [3.8, 4) is 47.4 Å². The van der Waals surface area contributed by atoms with E-state index in [0.717, 1.165) is 5.75 Å². The molecule has 2 nitrogen and oxygen atoms in total. The molecule has 0 bridgehead atoms. The van der Waals surface area contributed by atoms with Crippen LogP contribution in [0.5, 0.6) is 0 Å². The summed E-state index contributed by atoms with van der Waals surface area (Å²) in [7, 11) is 0. The van der Waals surface area contributed by atoms with Gasteiger partial charge >= 0.3 is 5.97 Å². The van der Waals surface area contributed by atoms with Crippen LogP contribution in [0.1, 0.15) is 12.6 Å². The fourth-order valence-corrected chi connectivity index (χ4v) is 0.774. The molecule has 0 aliphatic heterocycles. The lowest BCUT2D eigenvalue weighted by Gasteiger charge is -1.95. The van der Waals surface area contributed by atoms with Crippen LogP contribution in [0.15, 0.2) is 0 Å². The Kier molecular flexibility index (Phi) is 9.79. The summed E-state index contributed by atoms with van der Waals surface area (Å²) in [5.41, 5.74) is 0. The van der Waals surface area contributed by atoms with Crippen LogP contribution in [0, 0.1) is 47.4 Å². The monoisotopic (exact) mass is 238 g/mol. The van der Waals surface area contributed by atoms with Crippen LogP contribution in [-0.4, -0.2) is 24.6 Å². The van der Waals surface area contributed by atoms with Crippen molar-refractivity contribution >= 4 is 17.7 Å². The second kappa shape index (κ2) is 11.1. The second-order valence-corrected chi connectivity index (χ2v) is 3.24. The summed E-state index contributed by atoms with van der Waals surface area (Å²) < 4.78 is 4.77. The molecule has 0 aliphatic rings. The van der Waals surface area contributed by atoms with Gasteiger partial charge in [0, 0.05) is 17.4 Å². The van der Waals surface area contributed by atoms with Crippen molar-refractivity contribution in [3.63, 3.8) is 0 Å². The molecule has 0 heterocycles. The van der Waals surface area contributed by atoms with Crippen molar-refractivity contribution < 1.29 is 15.2 Å². The summed E-state index contributed by atoms with van der Waals surface area (Å²) >= 11 is 1.60. The van der Waals surface area contributed by atoms with Crippen LogP contribution in [-0.2, 0) is 9.53 Å². The molecule has 0 unspecified atom stereocenters. The molecule has 0 aromatic carbocycles. The quantitative estimate of drug-likeness (QED) is 0.325. The largest absolute Gasteiger partial charge is 0.455 e. The molecule has 0 saturated heterocycles. The van der Waals surface area contributed by atoms with Crippen molar-refractivity contribution in [3.05, 3.63) is 0 Å². The molecular formula is C13H18O2S. The number of hydrogen-bond acceptors (Lipinski definition) is 3. The van der Waals surface area contributed by atoms with E-state index in [-0.39, 0.29) is 5.71 Å². The van der Waals surface area contributed by atoms with Crippen LogP contribution >= 0.6 is 11.8 Å². The maximum atomic E-state index is 10.9. The molecule has 0 atom stereocenters. The summed E-state index contributed by atoms with van der Waals surface area (Å²) in [6.45, 7) is 2.06. The van der Waals surface area contributed by atoms with Gasteiger partial charge in [-0.3, -0.25) is 0 Å². The minimum Gasteiger partial charge on any atom is -0.455 e. The number of thioether (sulfide) groups is 1. The number of ether oxygens (including phenoxy) is 1. The predicted octanol–water partition coefficient (Wildman–Crippen LogP) is 1.91. The fourth-order valence-electron chi connectivity index (χ4n) is 0.524. The molecule has 0 aromatic heterocycles. The first-order chi connectivity index (χ1) is 7.81. The predicted molar refractivity (Wildman–Crippen MR) is 74.6 cm³/mol. The first kappa shape index (κ1) is 14.1. The Morgan fingerprint density at radius 1 is 1.19 bits per heavy atom. The van der Waals surface area contributed by atoms with Gasteiger partial charge in [-0.1, -0.05) is 5.92 Å². The molecule has 0 rings (SSSR count). The van der Waals surface area contributed by atoms with E-state index in [0.29, 0.717) is 6.61 Å². The van der Waals surface area contributed by atoms with Gasteiger partial charge in [-0.15, -0.1) is 0 Å². The van der Waals surface area contributed by atoms with Crippen molar-refractivity contribution in [1.29, 1.82) is 0 Å². The van der Waals surface area contributed by atoms with Gasteiger partial charge in [-0.25, -0.2) is 4.79 Å². The lowest BCUT2D eigenvalue weighted by molar-refractivity contribution is -0.136. The number of carbonyl (C=O) groups is 1. The highest BCUT2D eigenvalue weighted by Gasteiger charge is 1.93. The Morgan fingerprint density at radius 3 is 2.44 bits per heavy atom. The van der Waals surface area contributed by atoms with E-state index >= 15 is 0 Å². The van der Waals surface area contributed by atoms with Crippen LogP contribution in [0.25, 0.3) is 0 Å². The van der Waals surface area contributed by atoms with Crippen LogP contribution in [0.2, 0.25) is 0 Å². The van der Waals surface area contributed by atoms with Crippen molar-refractivity contribution in [2.45, 2.75) is 6.92 Å². The van der Waals surface area contributed by atoms with Gasteiger partial charge in [-0.05, 0) is 48.7 Å². The summed E-state index contributed by atoms with van der Waals surface area (Å²) in [5.74, 6) is 19.7. The number of hydrogen-bond donors (Lipinski definition) is 0. The lowest BCUT2D eigenvalue weighted by atomic mass is 10.5. The molecule has 3 heteroatoms. The van der Waals surface area contributed by atoms with E-state index in [1.165, 1.54) is 0 Å². The normalized spacial score (nSPS) is 6.38. The highest BCUT2D eigenvalue weighted by Crippen LogP contribution is 1.90. The van der Waals surface area contributed by atoms with Gasteiger partial charge in [0.2, 0.25) is 0 Å². The van der Waals surface area contributed by atoms with E-state index in [9.17, 15) is 4.79 Å². The molecule has 0 aromatic rings. The smallest absolute Gasteiger partial charge is 0.385 e. The first-order valence-electron chi connectivity index (χ1n) is 4.39. The third-order valence-corrected chi connectivity index (χ3v) is 1.70. The zero-order chi connectivity index (χ0) is 12.1. The van der Waals surface area contributed by atoms with E-state index < -0.39 is 5.97 Å². The topological polar surface area (TPSA) is 26.3 Å². The summed E-state index contributed by atoms with van der Waals surface area (Å²) in [6.07, 6.45) is 1.93. The summed E-state index contributed by atoms with van der Waals surface area (Å²) in [4.78, 5) is 10.9. The number of carbonyl (C=O) groups excluding carboxylic acids is 1. The molecule has 0 N–H and O–H groups in total. The average molecular weight is 238 g/mol. The molecule has 0 amide bonds. The summed E-state index contributed by atoms with van der Waals surface area (Å²) in [6, 6.07) is 0. The molecular weight excluding hydrogens is 220 g/mol. The van der Waals surface area contributed by atoms with Crippen molar-refractivity contribution in [2.75, 3.05) is 18.6 Å². The van der Waals surface area contributed by atoms with Gasteiger partial charge in [0.25, 0.3) is 0 Å². The molecule has 16 heavy (non-hydrogen) atoms. The molecule has 0 saturated carbocycles. The maximum Gasteiger partial charge on any atom is 0.385 e. The highest BCUT2D eigenvalue weighted by atomic mass is 32.2. The number of rotatable bonds is 3. The summed E-state index contributed by atoms with van der Waals surface area (Å²) in [5, 5.41) is 0. The van der Waals surface area contributed by atoms with Gasteiger partial charge in [0.05, 0.1) is 0 Å². The zero-order valence-corrected chi connectivity index (χ0v) is 9.96. The van der Waals surface area contributed by atoms with Gasteiger partial charge in [0.1, 0.15) is 6.61 Å².